The molecule has 19 heavy (non-hydrogen) atoms. The van der Waals surface area contributed by atoms with Crippen molar-refractivity contribution in [3.8, 4) is 0 Å². The van der Waals surface area contributed by atoms with Crippen LogP contribution in [0.3, 0.4) is 0 Å². The van der Waals surface area contributed by atoms with Gasteiger partial charge in [-0.15, -0.1) is 0 Å². The molecule has 0 atom stereocenters. The molecule has 0 bridgehead atoms. The summed E-state index contributed by atoms with van der Waals surface area (Å²) in [7, 11) is 0. The standard InChI is InChI=1S/C14H23Br2N3/c1-3-19-13(14(16)11(2)17-19)10-18(9-5-8-15)12-6-4-7-12/h12H,3-10H2,1-2H3. The minimum Gasteiger partial charge on any atom is -0.295 e. The van der Waals surface area contributed by atoms with Gasteiger partial charge in [-0.2, -0.15) is 5.10 Å². The van der Waals surface area contributed by atoms with E-state index in [2.05, 4.69) is 60.4 Å². The molecule has 1 fully saturated rings. The Balaban J connectivity index is 2.11. The summed E-state index contributed by atoms with van der Waals surface area (Å²) in [5, 5.41) is 5.69. The third-order valence-electron chi connectivity index (χ3n) is 3.98. The van der Waals surface area contributed by atoms with Crippen molar-refractivity contribution in [1.29, 1.82) is 0 Å². The molecule has 1 heterocycles. The lowest BCUT2D eigenvalue weighted by Crippen LogP contribution is -2.40. The molecule has 1 aromatic heterocycles. The van der Waals surface area contributed by atoms with Gasteiger partial charge in [0.15, 0.2) is 0 Å². The molecule has 0 spiro atoms. The van der Waals surface area contributed by atoms with E-state index in [9.17, 15) is 0 Å². The molecule has 0 amide bonds. The summed E-state index contributed by atoms with van der Waals surface area (Å²) in [6.07, 6.45) is 5.33. The zero-order valence-electron chi connectivity index (χ0n) is 11.8. The number of hydrogen-bond acceptors (Lipinski definition) is 2. The highest BCUT2D eigenvalue weighted by Crippen LogP contribution is 2.29. The van der Waals surface area contributed by atoms with Crippen LogP contribution >= 0.6 is 31.9 Å². The third-order valence-corrected chi connectivity index (χ3v) is 5.57. The van der Waals surface area contributed by atoms with Crippen molar-refractivity contribution in [2.24, 2.45) is 0 Å². The largest absolute Gasteiger partial charge is 0.295 e. The maximum atomic E-state index is 4.60. The van der Waals surface area contributed by atoms with E-state index in [1.54, 1.807) is 0 Å². The van der Waals surface area contributed by atoms with Gasteiger partial charge < -0.3 is 0 Å². The van der Waals surface area contributed by atoms with Gasteiger partial charge in [0.25, 0.3) is 0 Å². The van der Waals surface area contributed by atoms with Gasteiger partial charge in [0.05, 0.1) is 15.9 Å². The molecule has 0 saturated heterocycles. The van der Waals surface area contributed by atoms with E-state index in [0.717, 1.165) is 30.2 Å². The van der Waals surface area contributed by atoms with Crippen molar-refractivity contribution in [3.63, 3.8) is 0 Å². The summed E-state index contributed by atoms with van der Waals surface area (Å²) < 4.78 is 3.33. The Morgan fingerprint density at radius 2 is 2.16 bits per heavy atom. The molecule has 3 nitrogen and oxygen atoms in total. The van der Waals surface area contributed by atoms with Crippen LogP contribution in [-0.4, -0.2) is 32.6 Å². The SMILES string of the molecule is CCn1nc(C)c(Br)c1CN(CCCBr)C1CCC1. The van der Waals surface area contributed by atoms with Crippen LogP contribution in [0.2, 0.25) is 0 Å². The number of alkyl halides is 1. The smallest absolute Gasteiger partial charge is 0.0739 e. The third kappa shape index (κ3) is 3.61. The molecule has 0 unspecified atom stereocenters. The van der Waals surface area contributed by atoms with Gasteiger partial charge in [-0.3, -0.25) is 9.58 Å². The second kappa shape index (κ2) is 7.23. The lowest BCUT2D eigenvalue weighted by atomic mass is 9.91. The zero-order valence-corrected chi connectivity index (χ0v) is 15.0. The fraction of sp³-hybridized carbons (Fsp3) is 0.786. The molecule has 0 aromatic carbocycles. The van der Waals surface area contributed by atoms with E-state index in [1.807, 2.05) is 0 Å². The molecule has 1 aromatic rings. The summed E-state index contributed by atoms with van der Waals surface area (Å²) in [6, 6.07) is 0.784. The predicted octanol–water partition coefficient (Wildman–Crippen LogP) is 4.11. The van der Waals surface area contributed by atoms with Gasteiger partial charge in [0, 0.05) is 24.5 Å². The number of aromatic nitrogens is 2. The summed E-state index contributed by atoms with van der Waals surface area (Å²) in [5.74, 6) is 0. The first-order valence-corrected chi connectivity index (χ1v) is 9.10. The van der Waals surface area contributed by atoms with E-state index in [4.69, 9.17) is 0 Å². The number of hydrogen-bond donors (Lipinski definition) is 0. The molecule has 1 aliphatic rings. The van der Waals surface area contributed by atoms with Crippen molar-refractivity contribution in [1.82, 2.24) is 14.7 Å². The van der Waals surface area contributed by atoms with E-state index >= 15 is 0 Å². The highest BCUT2D eigenvalue weighted by atomic mass is 79.9. The van der Waals surface area contributed by atoms with Gasteiger partial charge in [-0.1, -0.05) is 22.4 Å². The van der Waals surface area contributed by atoms with Gasteiger partial charge in [0.1, 0.15) is 0 Å². The molecule has 0 N–H and O–H groups in total. The average Bonchev–Trinajstić information content (AvgIpc) is 2.61. The maximum Gasteiger partial charge on any atom is 0.0739 e. The van der Waals surface area contributed by atoms with Crippen LogP contribution in [0.5, 0.6) is 0 Å². The highest BCUT2D eigenvalue weighted by Gasteiger charge is 2.26. The molecule has 0 radical (unpaired) electrons. The fourth-order valence-electron chi connectivity index (χ4n) is 2.62. The molecule has 2 rings (SSSR count). The maximum absolute atomic E-state index is 4.60. The van der Waals surface area contributed by atoms with Crippen LogP contribution in [0.1, 0.15) is 44.0 Å². The lowest BCUT2D eigenvalue weighted by molar-refractivity contribution is 0.116. The normalized spacial score (nSPS) is 16.1. The lowest BCUT2D eigenvalue weighted by Gasteiger charge is -2.37. The number of aryl methyl sites for hydroxylation is 2. The van der Waals surface area contributed by atoms with Crippen molar-refractivity contribution in [3.05, 3.63) is 15.9 Å². The topological polar surface area (TPSA) is 21.1 Å². The number of rotatable bonds is 7. The van der Waals surface area contributed by atoms with Crippen molar-refractivity contribution >= 4 is 31.9 Å². The Labute approximate surface area is 133 Å². The van der Waals surface area contributed by atoms with E-state index in [0.29, 0.717) is 0 Å². The van der Waals surface area contributed by atoms with Crippen LogP contribution in [-0.2, 0) is 13.1 Å². The van der Waals surface area contributed by atoms with Crippen LogP contribution < -0.4 is 0 Å². The Kier molecular flexibility index (Phi) is 5.90. The van der Waals surface area contributed by atoms with E-state index < -0.39 is 0 Å². The summed E-state index contributed by atoms with van der Waals surface area (Å²) >= 11 is 7.25. The molecule has 5 heteroatoms. The Morgan fingerprint density at radius 1 is 1.42 bits per heavy atom. The van der Waals surface area contributed by atoms with Gasteiger partial charge in [0.2, 0.25) is 0 Å². The first-order chi connectivity index (χ1) is 9.17. The predicted molar refractivity (Wildman–Crippen MR) is 86.8 cm³/mol. The Morgan fingerprint density at radius 3 is 2.68 bits per heavy atom. The molecule has 0 aliphatic heterocycles. The van der Waals surface area contributed by atoms with Gasteiger partial charge >= 0.3 is 0 Å². The first kappa shape index (κ1) is 15.5. The molecule has 1 aliphatic carbocycles. The van der Waals surface area contributed by atoms with Gasteiger partial charge in [-0.25, -0.2) is 0 Å². The first-order valence-electron chi connectivity index (χ1n) is 7.19. The highest BCUT2D eigenvalue weighted by molar-refractivity contribution is 9.10. The fourth-order valence-corrected chi connectivity index (χ4v) is 3.28. The minimum absolute atomic E-state index is 0.784. The second-order valence-electron chi connectivity index (χ2n) is 5.26. The van der Waals surface area contributed by atoms with Crippen LogP contribution in [0.25, 0.3) is 0 Å². The minimum atomic E-state index is 0.784. The summed E-state index contributed by atoms with van der Waals surface area (Å²) in [5.41, 5.74) is 2.44. The van der Waals surface area contributed by atoms with Crippen molar-refractivity contribution < 1.29 is 0 Å². The number of nitrogens with zero attached hydrogens (tertiary/aromatic N) is 3. The van der Waals surface area contributed by atoms with Crippen molar-refractivity contribution in [2.75, 3.05) is 11.9 Å². The number of halogens is 2. The quantitative estimate of drug-likeness (QED) is 0.651. The summed E-state index contributed by atoms with van der Waals surface area (Å²) in [4.78, 5) is 2.64. The molecular formula is C14H23Br2N3. The second-order valence-corrected chi connectivity index (χ2v) is 6.85. The monoisotopic (exact) mass is 391 g/mol. The van der Waals surface area contributed by atoms with Gasteiger partial charge in [-0.05, 0) is 55.6 Å². The van der Waals surface area contributed by atoms with Crippen LogP contribution in [0.15, 0.2) is 4.47 Å². The van der Waals surface area contributed by atoms with E-state index in [1.165, 1.54) is 42.4 Å². The van der Waals surface area contributed by atoms with Crippen LogP contribution in [0.4, 0.5) is 0 Å². The summed E-state index contributed by atoms with van der Waals surface area (Å²) in [6.45, 7) is 7.38. The van der Waals surface area contributed by atoms with E-state index in [-0.39, 0.29) is 0 Å². The Hall–Kier alpha value is 0.130. The average molecular weight is 393 g/mol. The molecule has 108 valence electrons. The van der Waals surface area contributed by atoms with Crippen LogP contribution in [0, 0.1) is 6.92 Å². The molecule has 1 saturated carbocycles. The molecular weight excluding hydrogens is 370 g/mol. The zero-order chi connectivity index (χ0) is 13.8. The van der Waals surface area contributed by atoms with Crippen molar-refractivity contribution in [2.45, 2.75) is 58.7 Å². The Bertz CT molecular complexity index is 413.